The molecule has 6 nitrogen and oxygen atoms in total. The Bertz CT molecular complexity index is 760. The quantitative estimate of drug-likeness (QED) is 0.423. The molecule has 0 saturated carbocycles. The second-order valence-corrected chi connectivity index (χ2v) is 6.83. The molecule has 1 aromatic heterocycles. The summed E-state index contributed by atoms with van der Waals surface area (Å²) in [5.41, 5.74) is 7.44. The van der Waals surface area contributed by atoms with E-state index >= 15 is 0 Å². The number of carbonyl (C=O) groups excluding carboxylic acids is 1. The zero-order valence-electron chi connectivity index (χ0n) is 15.3. The number of likely N-dealkylation sites (tertiary alicyclic amines) is 1. The Hall–Kier alpha value is -2.44. The van der Waals surface area contributed by atoms with Crippen LogP contribution in [0.4, 0.5) is 0 Å². The van der Waals surface area contributed by atoms with Gasteiger partial charge in [-0.2, -0.15) is 5.10 Å². The second-order valence-electron chi connectivity index (χ2n) is 6.83. The van der Waals surface area contributed by atoms with Crippen molar-refractivity contribution in [1.82, 2.24) is 20.6 Å². The molecule has 1 aliphatic heterocycles. The molecule has 138 valence electrons. The van der Waals surface area contributed by atoms with Crippen LogP contribution in [0.1, 0.15) is 47.0 Å². The summed E-state index contributed by atoms with van der Waals surface area (Å²) in [6.45, 7) is 6.30. The monoisotopic (exact) mass is 354 g/mol. The number of nitrogens with one attached hydrogen (secondary N) is 2. The highest BCUT2D eigenvalue weighted by Crippen LogP contribution is 2.32. The molecule has 0 bridgehead atoms. The molecule has 1 aliphatic rings. The lowest BCUT2D eigenvalue weighted by atomic mass is 10.0. The summed E-state index contributed by atoms with van der Waals surface area (Å²) >= 11 is 0. The lowest BCUT2D eigenvalue weighted by molar-refractivity contribution is -0.124. The van der Waals surface area contributed by atoms with Gasteiger partial charge in [-0.05, 0) is 62.4 Å². The molecule has 0 aliphatic carbocycles. The van der Waals surface area contributed by atoms with Gasteiger partial charge in [-0.15, -0.1) is 0 Å². The van der Waals surface area contributed by atoms with Crippen molar-refractivity contribution in [3.05, 3.63) is 58.4 Å². The summed E-state index contributed by atoms with van der Waals surface area (Å²) in [6.07, 6.45) is 6.40. The number of H-pyrrole nitrogens is 1. The van der Waals surface area contributed by atoms with Crippen molar-refractivity contribution < 1.29 is 10.0 Å². The van der Waals surface area contributed by atoms with Crippen LogP contribution in [0.3, 0.4) is 0 Å². The lowest BCUT2D eigenvalue weighted by Gasteiger charge is -2.25. The Morgan fingerprint density at radius 3 is 2.81 bits per heavy atom. The molecule has 2 heterocycles. The number of aryl methyl sites for hydroxylation is 2. The number of nitrogens with zero attached hydrogens (tertiary/aromatic N) is 2. The van der Waals surface area contributed by atoms with Gasteiger partial charge in [-0.1, -0.05) is 24.3 Å². The van der Waals surface area contributed by atoms with Crippen LogP contribution in [0.5, 0.6) is 0 Å². The molecule has 6 heteroatoms. The SMILES string of the molecule is Cc1n[nH]c(C)c1CCN1CCCC1c1ccc(C=CC(=O)NO)cc1. The maximum absolute atomic E-state index is 11.1. The number of rotatable bonds is 6. The van der Waals surface area contributed by atoms with Gasteiger partial charge in [-0.3, -0.25) is 20.0 Å². The van der Waals surface area contributed by atoms with Gasteiger partial charge in [0.25, 0.3) is 5.91 Å². The molecule has 1 atom stereocenters. The number of aromatic amines is 1. The van der Waals surface area contributed by atoms with E-state index in [1.54, 1.807) is 11.6 Å². The second kappa shape index (κ2) is 8.29. The third-order valence-corrected chi connectivity index (χ3v) is 5.15. The number of hydroxylamine groups is 1. The predicted octanol–water partition coefficient (Wildman–Crippen LogP) is 2.92. The van der Waals surface area contributed by atoms with E-state index in [1.807, 2.05) is 12.1 Å². The molecule has 0 spiro atoms. The van der Waals surface area contributed by atoms with Gasteiger partial charge in [0.05, 0.1) is 5.69 Å². The molecule has 1 saturated heterocycles. The van der Waals surface area contributed by atoms with Crippen molar-refractivity contribution in [2.75, 3.05) is 13.1 Å². The Labute approximate surface area is 153 Å². The molecule has 26 heavy (non-hydrogen) atoms. The molecule has 2 aromatic rings. The third kappa shape index (κ3) is 4.20. The molecule has 1 aromatic carbocycles. The maximum Gasteiger partial charge on any atom is 0.267 e. The topological polar surface area (TPSA) is 81.2 Å². The van der Waals surface area contributed by atoms with Gasteiger partial charge in [-0.25, -0.2) is 5.48 Å². The average molecular weight is 354 g/mol. The smallest absolute Gasteiger partial charge is 0.267 e. The Balaban J connectivity index is 1.64. The standard InChI is InChI=1S/C20H26N4O2/c1-14-18(15(2)22-21-14)11-13-24-12-3-4-19(24)17-8-5-16(6-9-17)7-10-20(25)23-26/h5-10,19,26H,3-4,11-13H2,1-2H3,(H,21,22)(H,23,25). The van der Waals surface area contributed by atoms with Crippen molar-refractivity contribution in [3.8, 4) is 0 Å². The molecule has 1 fully saturated rings. The van der Waals surface area contributed by atoms with E-state index < -0.39 is 5.91 Å². The largest absolute Gasteiger partial charge is 0.296 e. The van der Waals surface area contributed by atoms with Crippen LogP contribution in [-0.2, 0) is 11.2 Å². The molecule has 3 rings (SSSR count). The minimum Gasteiger partial charge on any atom is -0.296 e. The van der Waals surface area contributed by atoms with Gasteiger partial charge in [0, 0.05) is 24.4 Å². The van der Waals surface area contributed by atoms with Crippen LogP contribution in [-0.4, -0.2) is 39.3 Å². The van der Waals surface area contributed by atoms with Crippen LogP contribution in [0, 0.1) is 13.8 Å². The van der Waals surface area contributed by atoms with Crippen molar-refractivity contribution in [2.24, 2.45) is 0 Å². The molecule has 1 unspecified atom stereocenters. The van der Waals surface area contributed by atoms with E-state index in [1.165, 1.54) is 35.7 Å². The summed E-state index contributed by atoms with van der Waals surface area (Å²) in [5, 5.41) is 15.9. The van der Waals surface area contributed by atoms with E-state index in [2.05, 4.69) is 41.1 Å². The van der Waals surface area contributed by atoms with Crippen molar-refractivity contribution >= 4 is 12.0 Å². The number of aromatic nitrogens is 2. The zero-order valence-corrected chi connectivity index (χ0v) is 15.3. The highest BCUT2D eigenvalue weighted by atomic mass is 16.5. The van der Waals surface area contributed by atoms with E-state index in [-0.39, 0.29) is 0 Å². The maximum atomic E-state index is 11.1. The first kappa shape index (κ1) is 18.4. The van der Waals surface area contributed by atoms with Crippen LogP contribution < -0.4 is 5.48 Å². The fourth-order valence-corrected chi connectivity index (χ4v) is 3.71. The van der Waals surface area contributed by atoms with Gasteiger partial charge < -0.3 is 0 Å². The first-order chi connectivity index (χ1) is 12.6. The highest BCUT2D eigenvalue weighted by molar-refractivity contribution is 5.90. The highest BCUT2D eigenvalue weighted by Gasteiger charge is 2.25. The number of hydrogen-bond acceptors (Lipinski definition) is 4. The van der Waals surface area contributed by atoms with Crippen LogP contribution in [0.2, 0.25) is 0 Å². The average Bonchev–Trinajstić information content (AvgIpc) is 3.25. The van der Waals surface area contributed by atoms with Gasteiger partial charge in [0.1, 0.15) is 0 Å². The van der Waals surface area contributed by atoms with Crippen molar-refractivity contribution in [3.63, 3.8) is 0 Å². The van der Waals surface area contributed by atoms with E-state index in [4.69, 9.17) is 5.21 Å². The lowest BCUT2D eigenvalue weighted by Crippen LogP contribution is -2.26. The number of amides is 1. The first-order valence-electron chi connectivity index (χ1n) is 9.05. The van der Waals surface area contributed by atoms with Gasteiger partial charge in [0.15, 0.2) is 0 Å². The van der Waals surface area contributed by atoms with Crippen LogP contribution in [0.25, 0.3) is 6.08 Å². The van der Waals surface area contributed by atoms with E-state index in [0.717, 1.165) is 30.8 Å². The predicted molar refractivity (Wildman–Crippen MR) is 101 cm³/mol. The van der Waals surface area contributed by atoms with E-state index in [0.29, 0.717) is 6.04 Å². The van der Waals surface area contributed by atoms with Gasteiger partial charge in [0.2, 0.25) is 0 Å². The number of carbonyl (C=O) groups is 1. The first-order valence-corrected chi connectivity index (χ1v) is 9.05. The zero-order chi connectivity index (χ0) is 18.5. The Morgan fingerprint density at radius 1 is 1.38 bits per heavy atom. The van der Waals surface area contributed by atoms with Crippen molar-refractivity contribution in [1.29, 1.82) is 0 Å². The Morgan fingerprint density at radius 2 is 2.15 bits per heavy atom. The van der Waals surface area contributed by atoms with Gasteiger partial charge >= 0.3 is 0 Å². The van der Waals surface area contributed by atoms with Crippen LogP contribution in [0.15, 0.2) is 30.3 Å². The molecule has 3 N–H and O–H groups in total. The van der Waals surface area contributed by atoms with Crippen LogP contribution >= 0.6 is 0 Å². The number of hydrogen-bond donors (Lipinski definition) is 3. The summed E-state index contributed by atoms with van der Waals surface area (Å²) < 4.78 is 0. The fraction of sp³-hybridized carbons (Fsp3) is 0.400. The molecular formula is C20H26N4O2. The number of benzene rings is 1. The fourth-order valence-electron chi connectivity index (χ4n) is 3.71. The van der Waals surface area contributed by atoms with E-state index in [9.17, 15) is 4.79 Å². The molecule has 0 radical (unpaired) electrons. The summed E-state index contributed by atoms with van der Waals surface area (Å²) in [5.74, 6) is -0.527. The summed E-state index contributed by atoms with van der Waals surface area (Å²) in [6, 6.07) is 8.73. The minimum absolute atomic E-state index is 0.446. The normalized spacial score (nSPS) is 17.9. The third-order valence-electron chi connectivity index (χ3n) is 5.15. The Kier molecular flexibility index (Phi) is 5.85. The molecular weight excluding hydrogens is 328 g/mol. The molecule has 1 amide bonds. The minimum atomic E-state index is -0.527. The summed E-state index contributed by atoms with van der Waals surface area (Å²) in [4.78, 5) is 13.6. The summed E-state index contributed by atoms with van der Waals surface area (Å²) in [7, 11) is 0. The van der Waals surface area contributed by atoms with Crippen molar-refractivity contribution in [2.45, 2.75) is 39.2 Å².